The summed E-state index contributed by atoms with van der Waals surface area (Å²) in [5, 5.41) is 13.1. The van der Waals surface area contributed by atoms with Crippen LogP contribution >= 0.6 is 0 Å². The van der Waals surface area contributed by atoms with Gasteiger partial charge in [-0.25, -0.2) is 4.79 Å². The number of carbonyl (C=O) groups is 1. The number of hydrogen-bond donors (Lipinski definition) is 2. The summed E-state index contributed by atoms with van der Waals surface area (Å²) in [6.45, 7) is 6.17. The maximum absolute atomic E-state index is 12.8. The molecule has 0 saturated heterocycles. The number of anilines is 1. The van der Waals surface area contributed by atoms with Crippen LogP contribution in [0.2, 0.25) is 0 Å². The average molecular weight is 326 g/mol. The van der Waals surface area contributed by atoms with Gasteiger partial charge in [-0.15, -0.1) is 0 Å². The van der Waals surface area contributed by atoms with Crippen molar-refractivity contribution in [1.82, 2.24) is 4.90 Å². The van der Waals surface area contributed by atoms with E-state index in [-0.39, 0.29) is 12.6 Å². The molecule has 0 aliphatic rings. The van der Waals surface area contributed by atoms with Gasteiger partial charge < -0.3 is 15.3 Å². The fraction of sp³-hybridized carbons (Fsp3) is 0.350. The van der Waals surface area contributed by atoms with Crippen LogP contribution in [0.3, 0.4) is 0 Å². The van der Waals surface area contributed by atoms with Gasteiger partial charge in [0.25, 0.3) is 0 Å². The quantitative estimate of drug-likeness (QED) is 0.841. The monoisotopic (exact) mass is 326 g/mol. The molecule has 0 spiro atoms. The van der Waals surface area contributed by atoms with Crippen LogP contribution in [0.15, 0.2) is 54.6 Å². The van der Waals surface area contributed by atoms with Crippen molar-refractivity contribution in [3.63, 3.8) is 0 Å². The topological polar surface area (TPSA) is 52.6 Å². The smallest absolute Gasteiger partial charge is 0.322 e. The molecule has 4 heteroatoms. The van der Waals surface area contributed by atoms with Gasteiger partial charge in [0.1, 0.15) is 0 Å². The first kappa shape index (κ1) is 18.0. The first-order valence-corrected chi connectivity index (χ1v) is 8.29. The van der Waals surface area contributed by atoms with Crippen molar-refractivity contribution >= 4 is 11.7 Å². The van der Waals surface area contributed by atoms with Gasteiger partial charge in [0.2, 0.25) is 0 Å². The lowest BCUT2D eigenvalue weighted by atomic mass is 10.1. The Labute approximate surface area is 144 Å². The highest BCUT2D eigenvalue weighted by atomic mass is 16.3. The second-order valence-corrected chi connectivity index (χ2v) is 6.59. The Morgan fingerprint density at radius 3 is 2.33 bits per heavy atom. The van der Waals surface area contributed by atoms with Crippen LogP contribution in [0.4, 0.5) is 10.5 Å². The zero-order valence-corrected chi connectivity index (χ0v) is 14.6. The molecule has 0 unspecified atom stereocenters. The van der Waals surface area contributed by atoms with E-state index in [0.29, 0.717) is 6.54 Å². The van der Waals surface area contributed by atoms with Crippen LogP contribution < -0.4 is 5.32 Å². The molecule has 0 fully saturated rings. The normalized spacial score (nSPS) is 11.2. The summed E-state index contributed by atoms with van der Waals surface area (Å²) in [7, 11) is 0. The van der Waals surface area contributed by atoms with E-state index >= 15 is 0 Å². The van der Waals surface area contributed by atoms with Gasteiger partial charge in [-0.05, 0) is 37.5 Å². The molecule has 2 amide bonds. The highest BCUT2D eigenvalue weighted by Gasteiger charge is 2.23. The second-order valence-electron chi connectivity index (χ2n) is 6.59. The summed E-state index contributed by atoms with van der Waals surface area (Å²) in [5.41, 5.74) is 1.98. The minimum absolute atomic E-state index is 0.207. The maximum Gasteiger partial charge on any atom is 0.322 e. The van der Waals surface area contributed by atoms with E-state index in [4.69, 9.17) is 0 Å². The molecule has 2 N–H and O–H groups in total. The van der Waals surface area contributed by atoms with Crippen molar-refractivity contribution in [2.24, 2.45) is 0 Å². The Kier molecular flexibility index (Phi) is 5.99. The maximum atomic E-state index is 12.8. The molecule has 0 aromatic heterocycles. The van der Waals surface area contributed by atoms with E-state index in [1.54, 1.807) is 18.7 Å². The summed E-state index contributed by atoms with van der Waals surface area (Å²) in [4.78, 5) is 14.4. The number of benzene rings is 2. The van der Waals surface area contributed by atoms with Crippen molar-refractivity contribution in [2.45, 2.75) is 39.3 Å². The summed E-state index contributed by atoms with van der Waals surface area (Å²) >= 11 is 0. The third-order valence-corrected chi connectivity index (χ3v) is 3.72. The Morgan fingerprint density at radius 2 is 1.71 bits per heavy atom. The average Bonchev–Trinajstić information content (AvgIpc) is 2.54. The fourth-order valence-corrected chi connectivity index (χ4v) is 2.62. The number of hydrogen-bond acceptors (Lipinski definition) is 2. The highest BCUT2D eigenvalue weighted by Crippen LogP contribution is 2.18. The van der Waals surface area contributed by atoms with Gasteiger partial charge in [-0.3, -0.25) is 0 Å². The Hall–Kier alpha value is -2.33. The van der Waals surface area contributed by atoms with Gasteiger partial charge in [-0.2, -0.15) is 0 Å². The van der Waals surface area contributed by atoms with Gasteiger partial charge in [0.15, 0.2) is 0 Å². The molecule has 0 bridgehead atoms. The van der Waals surface area contributed by atoms with Crippen LogP contribution in [0, 0.1) is 0 Å². The van der Waals surface area contributed by atoms with Crippen molar-refractivity contribution in [1.29, 1.82) is 0 Å². The number of aliphatic hydroxyl groups is 1. The van der Waals surface area contributed by atoms with Crippen LogP contribution in [0.1, 0.15) is 31.9 Å². The van der Waals surface area contributed by atoms with E-state index in [0.717, 1.165) is 23.2 Å². The molecule has 0 aliphatic carbocycles. The largest absolute Gasteiger partial charge is 0.389 e. The third-order valence-electron chi connectivity index (χ3n) is 3.72. The Bertz CT molecular complexity index is 663. The standard InChI is InChI=1S/C20H26N2O2/c1-4-17-12-8-9-13-18(17)21-19(23)22(15-20(2,3)24)14-16-10-6-5-7-11-16/h5-13,24H,4,14-15H2,1-3H3,(H,21,23). The van der Waals surface area contributed by atoms with Crippen molar-refractivity contribution in [3.8, 4) is 0 Å². The Morgan fingerprint density at radius 1 is 1.08 bits per heavy atom. The molecule has 0 radical (unpaired) electrons. The van der Waals surface area contributed by atoms with E-state index < -0.39 is 5.60 Å². The lowest BCUT2D eigenvalue weighted by molar-refractivity contribution is 0.0469. The fourth-order valence-electron chi connectivity index (χ4n) is 2.62. The minimum Gasteiger partial charge on any atom is -0.389 e. The number of nitrogens with zero attached hydrogens (tertiary/aromatic N) is 1. The summed E-state index contributed by atoms with van der Waals surface area (Å²) in [6, 6.07) is 17.4. The number of para-hydroxylation sites is 1. The van der Waals surface area contributed by atoms with E-state index in [1.165, 1.54) is 0 Å². The van der Waals surface area contributed by atoms with Gasteiger partial charge in [0, 0.05) is 12.2 Å². The number of nitrogens with one attached hydrogen (secondary N) is 1. The molecule has 4 nitrogen and oxygen atoms in total. The number of aryl methyl sites for hydroxylation is 1. The summed E-state index contributed by atoms with van der Waals surface area (Å²) in [6.07, 6.45) is 0.848. The highest BCUT2D eigenvalue weighted by molar-refractivity contribution is 5.90. The summed E-state index contributed by atoms with van der Waals surface area (Å²) < 4.78 is 0. The first-order valence-electron chi connectivity index (χ1n) is 8.29. The molecular formula is C20H26N2O2. The molecule has 0 aliphatic heterocycles. The second kappa shape index (κ2) is 7.97. The molecule has 0 heterocycles. The molecule has 24 heavy (non-hydrogen) atoms. The number of urea groups is 1. The third kappa shape index (κ3) is 5.39. The lowest BCUT2D eigenvalue weighted by Gasteiger charge is -2.29. The molecule has 2 aromatic carbocycles. The molecular weight excluding hydrogens is 300 g/mol. The SMILES string of the molecule is CCc1ccccc1NC(=O)N(Cc1ccccc1)CC(C)(C)O. The van der Waals surface area contributed by atoms with Crippen molar-refractivity contribution in [3.05, 3.63) is 65.7 Å². The van der Waals surface area contributed by atoms with Crippen molar-refractivity contribution < 1.29 is 9.90 Å². The van der Waals surface area contributed by atoms with Crippen LogP contribution in [-0.2, 0) is 13.0 Å². The summed E-state index contributed by atoms with van der Waals surface area (Å²) in [5.74, 6) is 0. The van der Waals surface area contributed by atoms with E-state index in [9.17, 15) is 9.90 Å². The first-order chi connectivity index (χ1) is 11.4. The number of carbonyl (C=O) groups excluding carboxylic acids is 1. The number of rotatable bonds is 6. The van der Waals surface area contributed by atoms with Crippen LogP contribution in [0.25, 0.3) is 0 Å². The van der Waals surface area contributed by atoms with Gasteiger partial charge in [0.05, 0.1) is 12.1 Å². The molecule has 2 aromatic rings. The predicted molar refractivity (Wildman–Crippen MR) is 98.0 cm³/mol. The van der Waals surface area contributed by atoms with Crippen LogP contribution in [0.5, 0.6) is 0 Å². The minimum atomic E-state index is -0.962. The van der Waals surface area contributed by atoms with Gasteiger partial charge in [-0.1, -0.05) is 55.5 Å². The lowest BCUT2D eigenvalue weighted by Crippen LogP contribution is -2.43. The predicted octanol–water partition coefficient (Wildman–Crippen LogP) is 4.05. The Balaban J connectivity index is 2.17. The van der Waals surface area contributed by atoms with Gasteiger partial charge >= 0.3 is 6.03 Å². The number of amides is 2. The molecule has 2 rings (SSSR count). The molecule has 128 valence electrons. The van der Waals surface area contributed by atoms with Crippen molar-refractivity contribution in [2.75, 3.05) is 11.9 Å². The van der Waals surface area contributed by atoms with E-state index in [1.807, 2.05) is 54.6 Å². The molecule has 0 saturated carbocycles. The molecule has 0 atom stereocenters. The van der Waals surface area contributed by atoms with Crippen LogP contribution in [-0.4, -0.2) is 28.2 Å². The zero-order chi connectivity index (χ0) is 17.6. The zero-order valence-electron chi connectivity index (χ0n) is 14.6. The van der Waals surface area contributed by atoms with E-state index in [2.05, 4.69) is 12.2 Å².